The number of amides is 1. The number of hydrogen-bond donors (Lipinski definition) is 0. The maximum Gasteiger partial charge on any atom is 0.459 e. The van der Waals surface area contributed by atoms with Gasteiger partial charge >= 0.3 is 12.1 Å². The molecule has 156 valence electrons. The number of carbonyl (C=O) groups is 1. The van der Waals surface area contributed by atoms with Crippen molar-refractivity contribution in [3.8, 4) is 0 Å². The van der Waals surface area contributed by atoms with Crippen LogP contribution in [0, 0.1) is 6.92 Å². The Morgan fingerprint density at radius 2 is 1.90 bits per heavy atom. The van der Waals surface area contributed by atoms with E-state index in [1.807, 2.05) is 0 Å². The Morgan fingerprint density at radius 3 is 2.45 bits per heavy atom. The molecule has 3 rings (SSSR count). The first kappa shape index (κ1) is 21.1. The van der Waals surface area contributed by atoms with E-state index in [0.29, 0.717) is 20.7 Å². The quantitative estimate of drug-likeness (QED) is 0.536. The van der Waals surface area contributed by atoms with E-state index in [1.54, 1.807) is 7.05 Å². The first-order valence-corrected chi connectivity index (χ1v) is 8.86. The summed E-state index contributed by atoms with van der Waals surface area (Å²) in [5.74, 6) is -5.85. The molecule has 0 radical (unpaired) electrons. The molecule has 0 atom stereocenters. The zero-order valence-electron chi connectivity index (χ0n) is 15.3. The fourth-order valence-corrected chi connectivity index (χ4v) is 3.15. The minimum absolute atomic E-state index is 0.0671. The van der Waals surface area contributed by atoms with Crippen LogP contribution in [0.2, 0.25) is 0 Å². The Hall–Kier alpha value is -2.57. The van der Waals surface area contributed by atoms with Gasteiger partial charge in [-0.2, -0.15) is 32.1 Å². The number of fused-ring (bicyclic) bond motifs is 1. The van der Waals surface area contributed by atoms with Crippen molar-refractivity contribution in [2.45, 2.75) is 25.6 Å². The molecule has 0 bridgehead atoms. The summed E-state index contributed by atoms with van der Waals surface area (Å²) in [5.41, 5.74) is -1.43. The predicted octanol–water partition coefficient (Wildman–Crippen LogP) is 3.46. The molecule has 13 heteroatoms. The van der Waals surface area contributed by atoms with Crippen LogP contribution in [0.4, 0.5) is 22.0 Å². The first-order chi connectivity index (χ1) is 13.3. The van der Waals surface area contributed by atoms with E-state index in [-0.39, 0.29) is 23.6 Å². The average Bonchev–Trinajstić information content (AvgIpc) is 3.17. The molecule has 0 aromatic carbocycles. The van der Waals surface area contributed by atoms with Crippen molar-refractivity contribution in [2.75, 3.05) is 7.05 Å². The Bertz CT molecular complexity index is 1070. The fraction of sp³-hybridized carbons (Fsp3) is 0.375. The van der Waals surface area contributed by atoms with Crippen molar-refractivity contribution >= 4 is 27.5 Å². The van der Waals surface area contributed by atoms with Crippen LogP contribution in [0.15, 0.2) is 22.8 Å². The van der Waals surface area contributed by atoms with E-state index in [1.165, 1.54) is 29.7 Å². The van der Waals surface area contributed by atoms with Gasteiger partial charge in [0.25, 0.3) is 5.91 Å². The van der Waals surface area contributed by atoms with E-state index in [9.17, 15) is 26.7 Å². The monoisotopic (exact) mass is 480 g/mol. The van der Waals surface area contributed by atoms with Gasteiger partial charge in [0.05, 0.1) is 22.9 Å². The SMILES string of the molecule is Cc1cc(C(F)(F)C(F)(F)F)n2nc(C(=O)N(C)Cc3c(Br)cnn3C)cc2n1. The second-order valence-electron chi connectivity index (χ2n) is 6.38. The van der Waals surface area contributed by atoms with E-state index in [0.717, 1.165) is 6.07 Å². The lowest BCUT2D eigenvalue weighted by Gasteiger charge is -2.20. The van der Waals surface area contributed by atoms with E-state index < -0.39 is 23.7 Å². The number of nitrogens with zero attached hydrogens (tertiary/aromatic N) is 6. The Morgan fingerprint density at radius 1 is 1.24 bits per heavy atom. The molecule has 0 aliphatic carbocycles. The van der Waals surface area contributed by atoms with Crippen LogP contribution in [0.5, 0.6) is 0 Å². The maximum atomic E-state index is 14.0. The lowest BCUT2D eigenvalue weighted by molar-refractivity contribution is -0.291. The molecule has 0 saturated heterocycles. The number of halogens is 6. The summed E-state index contributed by atoms with van der Waals surface area (Å²) in [6, 6.07) is 1.66. The molecule has 0 aliphatic heterocycles. The van der Waals surface area contributed by atoms with E-state index >= 15 is 0 Å². The normalized spacial score (nSPS) is 12.6. The highest BCUT2D eigenvalue weighted by atomic mass is 79.9. The van der Waals surface area contributed by atoms with Gasteiger partial charge in [0.2, 0.25) is 0 Å². The van der Waals surface area contributed by atoms with Gasteiger partial charge in [-0.15, -0.1) is 0 Å². The van der Waals surface area contributed by atoms with Gasteiger partial charge in [-0.1, -0.05) is 0 Å². The van der Waals surface area contributed by atoms with E-state index in [2.05, 4.69) is 31.1 Å². The third-order valence-electron chi connectivity index (χ3n) is 4.20. The van der Waals surface area contributed by atoms with Gasteiger partial charge in [0.1, 0.15) is 5.69 Å². The highest BCUT2D eigenvalue weighted by molar-refractivity contribution is 9.10. The first-order valence-electron chi connectivity index (χ1n) is 8.07. The number of carbonyl (C=O) groups excluding carboxylic acids is 1. The van der Waals surface area contributed by atoms with Gasteiger partial charge in [0, 0.05) is 25.9 Å². The topological polar surface area (TPSA) is 68.3 Å². The van der Waals surface area contributed by atoms with Crippen LogP contribution in [0.1, 0.15) is 27.6 Å². The van der Waals surface area contributed by atoms with Gasteiger partial charge in [0.15, 0.2) is 11.3 Å². The third kappa shape index (κ3) is 3.70. The van der Waals surface area contributed by atoms with Gasteiger partial charge in [-0.25, -0.2) is 9.50 Å². The van der Waals surface area contributed by atoms with Crippen LogP contribution in [0.25, 0.3) is 5.65 Å². The summed E-state index contributed by atoms with van der Waals surface area (Å²) in [5, 5.41) is 7.70. The Kier molecular flexibility index (Phi) is 5.13. The zero-order valence-corrected chi connectivity index (χ0v) is 16.9. The molecule has 3 aromatic rings. The summed E-state index contributed by atoms with van der Waals surface area (Å²) in [4.78, 5) is 17.8. The van der Waals surface area contributed by atoms with Crippen molar-refractivity contribution < 1.29 is 26.7 Å². The van der Waals surface area contributed by atoms with E-state index in [4.69, 9.17) is 0 Å². The maximum absolute atomic E-state index is 14.0. The molecule has 0 aliphatic rings. The summed E-state index contributed by atoms with van der Waals surface area (Å²) >= 11 is 3.30. The zero-order chi connectivity index (χ0) is 21.7. The summed E-state index contributed by atoms with van der Waals surface area (Å²) < 4.78 is 69.0. The summed E-state index contributed by atoms with van der Waals surface area (Å²) in [6.45, 7) is 1.37. The molecule has 29 heavy (non-hydrogen) atoms. The standard InChI is InChI=1S/C16H14BrF5N6O/c1-8-4-12(15(18,19)16(20,21)22)28-13(24-8)5-10(25-28)14(29)26(2)7-11-9(17)6-23-27(11)3/h4-6H,7H2,1-3H3. The fourth-order valence-electron chi connectivity index (χ4n) is 2.68. The molecule has 0 unspecified atom stereocenters. The largest absolute Gasteiger partial charge is 0.459 e. The smallest absolute Gasteiger partial charge is 0.334 e. The lowest BCUT2D eigenvalue weighted by atomic mass is 10.2. The van der Waals surface area contributed by atoms with Crippen LogP contribution in [-0.2, 0) is 19.5 Å². The summed E-state index contributed by atoms with van der Waals surface area (Å²) in [7, 11) is 3.11. The van der Waals surface area contributed by atoms with Crippen molar-refractivity contribution in [1.29, 1.82) is 0 Å². The summed E-state index contributed by atoms with van der Waals surface area (Å²) in [6.07, 6.45) is -4.29. The molecule has 0 saturated carbocycles. The number of aromatic nitrogens is 5. The van der Waals surface area contributed by atoms with Gasteiger partial charge < -0.3 is 4.90 Å². The Balaban J connectivity index is 2.01. The van der Waals surface area contributed by atoms with Crippen molar-refractivity contribution in [1.82, 2.24) is 29.3 Å². The van der Waals surface area contributed by atoms with Gasteiger partial charge in [-0.3, -0.25) is 9.48 Å². The second-order valence-corrected chi connectivity index (χ2v) is 7.23. The average molecular weight is 481 g/mol. The molecule has 0 N–H and O–H groups in total. The van der Waals surface area contributed by atoms with Crippen molar-refractivity contribution in [3.63, 3.8) is 0 Å². The second kappa shape index (κ2) is 7.04. The third-order valence-corrected chi connectivity index (χ3v) is 4.86. The predicted molar refractivity (Wildman–Crippen MR) is 94.4 cm³/mol. The number of rotatable bonds is 4. The Labute approximate surface area is 169 Å². The highest BCUT2D eigenvalue weighted by Gasteiger charge is 2.60. The van der Waals surface area contributed by atoms with Gasteiger partial charge in [-0.05, 0) is 28.9 Å². The van der Waals surface area contributed by atoms with Crippen LogP contribution < -0.4 is 0 Å². The van der Waals surface area contributed by atoms with Crippen LogP contribution in [0.3, 0.4) is 0 Å². The van der Waals surface area contributed by atoms with Crippen LogP contribution in [-0.4, -0.2) is 48.4 Å². The molecule has 0 fully saturated rings. The minimum Gasteiger partial charge on any atom is -0.334 e. The van der Waals surface area contributed by atoms with Crippen molar-refractivity contribution in [2.24, 2.45) is 7.05 Å². The molecule has 3 aromatic heterocycles. The van der Waals surface area contributed by atoms with Crippen LogP contribution >= 0.6 is 15.9 Å². The number of hydrogen-bond acceptors (Lipinski definition) is 4. The number of alkyl halides is 5. The molecular formula is C16H14BrF5N6O. The highest BCUT2D eigenvalue weighted by Crippen LogP contribution is 2.43. The number of aryl methyl sites for hydroxylation is 2. The molecule has 7 nitrogen and oxygen atoms in total. The minimum atomic E-state index is -5.83. The molecule has 3 heterocycles. The molecular weight excluding hydrogens is 467 g/mol. The van der Waals surface area contributed by atoms with Crippen molar-refractivity contribution in [3.05, 3.63) is 45.6 Å². The molecule has 1 amide bonds. The molecule has 0 spiro atoms. The lowest BCUT2D eigenvalue weighted by Crippen LogP contribution is -2.36.